The molecule has 1 amide bonds. The highest BCUT2D eigenvalue weighted by atomic mass is 79.9. The fourth-order valence-electron chi connectivity index (χ4n) is 1.56. The van der Waals surface area contributed by atoms with Crippen molar-refractivity contribution in [3.05, 3.63) is 52.6 Å². The molecule has 0 fully saturated rings. The number of hydrogen-bond donors (Lipinski definition) is 1. The first-order chi connectivity index (χ1) is 9.70. The van der Waals surface area contributed by atoms with Gasteiger partial charge in [0.15, 0.2) is 11.6 Å². The van der Waals surface area contributed by atoms with Gasteiger partial charge in [-0.05, 0) is 27.6 Å². The molecule has 20 heavy (non-hydrogen) atoms. The molecule has 1 heterocycles. The maximum atomic E-state index is 11.7. The fraction of sp³-hybridized carbons (Fsp3) is 0.143. The number of pyridine rings is 1. The van der Waals surface area contributed by atoms with Crippen LogP contribution >= 0.6 is 15.9 Å². The molecule has 0 unspecified atom stereocenters. The van der Waals surface area contributed by atoms with Crippen molar-refractivity contribution in [2.24, 2.45) is 0 Å². The van der Waals surface area contributed by atoms with E-state index in [-0.39, 0.29) is 6.61 Å². The Kier molecular flexibility index (Phi) is 4.95. The fourth-order valence-corrected chi connectivity index (χ4v) is 2.03. The average molecular weight is 337 g/mol. The largest absolute Gasteiger partial charge is 0.492 e. The van der Waals surface area contributed by atoms with E-state index < -0.39 is 6.09 Å². The van der Waals surface area contributed by atoms with E-state index in [1.54, 1.807) is 12.3 Å². The van der Waals surface area contributed by atoms with Crippen LogP contribution in [0.2, 0.25) is 0 Å². The van der Waals surface area contributed by atoms with Gasteiger partial charge in [0.25, 0.3) is 0 Å². The standard InChI is InChI=1S/C14H13BrN2O3/c1-19-12-11(15)7-8-16-13(12)17-14(18)20-9-10-5-3-2-4-6-10/h2-8H,9H2,1H3,(H,16,17,18). The molecule has 0 aliphatic rings. The zero-order valence-corrected chi connectivity index (χ0v) is 12.4. The van der Waals surface area contributed by atoms with Crippen molar-refractivity contribution >= 4 is 27.8 Å². The average Bonchev–Trinajstić information content (AvgIpc) is 2.46. The second-order valence-electron chi connectivity index (χ2n) is 3.86. The number of nitrogens with one attached hydrogen (secondary N) is 1. The lowest BCUT2D eigenvalue weighted by molar-refractivity contribution is 0.155. The van der Waals surface area contributed by atoms with E-state index in [4.69, 9.17) is 9.47 Å². The van der Waals surface area contributed by atoms with Crippen LogP contribution in [-0.2, 0) is 11.3 Å². The molecule has 0 spiro atoms. The smallest absolute Gasteiger partial charge is 0.413 e. The van der Waals surface area contributed by atoms with Gasteiger partial charge in [0, 0.05) is 6.20 Å². The van der Waals surface area contributed by atoms with Gasteiger partial charge in [-0.25, -0.2) is 9.78 Å². The highest BCUT2D eigenvalue weighted by molar-refractivity contribution is 9.10. The van der Waals surface area contributed by atoms with Gasteiger partial charge < -0.3 is 9.47 Å². The van der Waals surface area contributed by atoms with Crippen molar-refractivity contribution in [2.75, 3.05) is 12.4 Å². The summed E-state index contributed by atoms with van der Waals surface area (Å²) in [6.07, 6.45) is 0.970. The number of methoxy groups -OCH3 is 1. The second kappa shape index (κ2) is 6.91. The maximum Gasteiger partial charge on any atom is 0.413 e. The van der Waals surface area contributed by atoms with Gasteiger partial charge in [0.2, 0.25) is 0 Å². The summed E-state index contributed by atoms with van der Waals surface area (Å²) in [5.41, 5.74) is 0.914. The third-order valence-corrected chi connectivity index (χ3v) is 3.12. The molecule has 0 atom stereocenters. The van der Waals surface area contributed by atoms with Gasteiger partial charge in [-0.15, -0.1) is 0 Å². The number of anilines is 1. The van der Waals surface area contributed by atoms with Crippen LogP contribution in [0.15, 0.2) is 47.1 Å². The van der Waals surface area contributed by atoms with Crippen LogP contribution in [0, 0.1) is 0 Å². The van der Waals surface area contributed by atoms with Crippen LogP contribution in [-0.4, -0.2) is 18.2 Å². The van der Waals surface area contributed by atoms with Gasteiger partial charge in [-0.3, -0.25) is 5.32 Å². The van der Waals surface area contributed by atoms with E-state index in [2.05, 4.69) is 26.2 Å². The lowest BCUT2D eigenvalue weighted by Gasteiger charge is -2.10. The number of amides is 1. The molecule has 5 nitrogen and oxygen atoms in total. The molecule has 0 aliphatic carbocycles. The Hall–Kier alpha value is -2.08. The van der Waals surface area contributed by atoms with Crippen LogP contribution in [0.1, 0.15) is 5.56 Å². The van der Waals surface area contributed by atoms with E-state index in [0.29, 0.717) is 16.0 Å². The lowest BCUT2D eigenvalue weighted by atomic mass is 10.2. The topological polar surface area (TPSA) is 60.5 Å². The van der Waals surface area contributed by atoms with Crippen molar-refractivity contribution in [1.82, 2.24) is 4.98 Å². The molecule has 1 aromatic carbocycles. The molecular weight excluding hydrogens is 324 g/mol. The third kappa shape index (κ3) is 3.71. The molecule has 0 saturated carbocycles. The molecule has 104 valence electrons. The molecule has 0 radical (unpaired) electrons. The number of ether oxygens (including phenoxy) is 2. The summed E-state index contributed by atoms with van der Waals surface area (Å²) >= 11 is 3.32. The van der Waals surface area contributed by atoms with Crippen molar-refractivity contribution < 1.29 is 14.3 Å². The number of nitrogens with zero attached hydrogens (tertiary/aromatic N) is 1. The van der Waals surface area contributed by atoms with Crippen LogP contribution in [0.4, 0.5) is 10.6 Å². The monoisotopic (exact) mass is 336 g/mol. The Morgan fingerprint density at radius 3 is 2.75 bits per heavy atom. The molecular formula is C14H13BrN2O3. The molecule has 0 saturated heterocycles. The molecule has 1 aromatic heterocycles. The minimum Gasteiger partial charge on any atom is -0.492 e. The van der Waals surface area contributed by atoms with Crippen molar-refractivity contribution in [3.8, 4) is 5.75 Å². The number of carbonyl (C=O) groups is 1. The molecule has 0 aliphatic heterocycles. The summed E-state index contributed by atoms with van der Waals surface area (Å²) < 4.78 is 11.0. The van der Waals surface area contributed by atoms with E-state index in [0.717, 1.165) is 5.56 Å². The molecule has 1 N–H and O–H groups in total. The predicted octanol–water partition coefficient (Wildman–Crippen LogP) is 3.60. The van der Waals surface area contributed by atoms with E-state index in [1.165, 1.54) is 7.11 Å². The Bertz CT molecular complexity index is 590. The van der Waals surface area contributed by atoms with Gasteiger partial charge in [0.1, 0.15) is 6.61 Å². The van der Waals surface area contributed by atoms with Crippen molar-refractivity contribution in [2.45, 2.75) is 6.61 Å². The number of hydrogen-bond acceptors (Lipinski definition) is 4. The Balaban J connectivity index is 1.97. The minimum atomic E-state index is -0.585. The maximum absolute atomic E-state index is 11.7. The van der Waals surface area contributed by atoms with Gasteiger partial charge in [0.05, 0.1) is 11.6 Å². The first kappa shape index (κ1) is 14.3. The molecule has 6 heteroatoms. The Labute approximate surface area is 125 Å². The Morgan fingerprint density at radius 1 is 1.30 bits per heavy atom. The lowest BCUT2D eigenvalue weighted by Crippen LogP contribution is -2.15. The third-order valence-electron chi connectivity index (χ3n) is 2.49. The molecule has 2 rings (SSSR count). The number of aromatic nitrogens is 1. The van der Waals surface area contributed by atoms with Crippen LogP contribution in [0.3, 0.4) is 0 Å². The Morgan fingerprint density at radius 2 is 2.05 bits per heavy atom. The summed E-state index contributed by atoms with van der Waals surface area (Å²) in [5, 5.41) is 2.55. The van der Waals surface area contributed by atoms with Gasteiger partial charge >= 0.3 is 6.09 Å². The SMILES string of the molecule is COc1c(Br)ccnc1NC(=O)OCc1ccccc1. The number of halogens is 1. The number of benzene rings is 1. The highest BCUT2D eigenvalue weighted by Gasteiger charge is 2.12. The van der Waals surface area contributed by atoms with Gasteiger partial charge in [-0.2, -0.15) is 0 Å². The predicted molar refractivity (Wildman–Crippen MR) is 78.7 cm³/mol. The molecule has 2 aromatic rings. The zero-order chi connectivity index (χ0) is 14.4. The second-order valence-corrected chi connectivity index (χ2v) is 4.72. The van der Waals surface area contributed by atoms with Crippen molar-refractivity contribution in [1.29, 1.82) is 0 Å². The number of carbonyl (C=O) groups excluding carboxylic acids is 1. The summed E-state index contributed by atoms with van der Waals surface area (Å²) in [6, 6.07) is 11.2. The van der Waals surface area contributed by atoms with E-state index in [9.17, 15) is 4.79 Å². The normalized spacial score (nSPS) is 9.90. The first-order valence-corrected chi connectivity index (χ1v) is 6.66. The van der Waals surface area contributed by atoms with E-state index in [1.807, 2.05) is 30.3 Å². The van der Waals surface area contributed by atoms with Crippen LogP contribution < -0.4 is 10.1 Å². The zero-order valence-electron chi connectivity index (χ0n) is 10.8. The quantitative estimate of drug-likeness (QED) is 0.926. The summed E-state index contributed by atoms with van der Waals surface area (Å²) in [4.78, 5) is 15.8. The summed E-state index contributed by atoms with van der Waals surface area (Å²) in [6.45, 7) is 0.197. The first-order valence-electron chi connectivity index (χ1n) is 5.87. The van der Waals surface area contributed by atoms with Crippen LogP contribution in [0.5, 0.6) is 5.75 Å². The molecule has 0 bridgehead atoms. The highest BCUT2D eigenvalue weighted by Crippen LogP contribution is 2.30. The summed E-state index contributed by atoms with van der Waals surface area (Å²) in [5.74, 6) is 0.754. The summed E-state index contributed by atoms with van der Waals surface area (Å²) in [7, 11) is 1.50. The van der Waals surface area contributed by atoms with Crippen LogP contribution in [0.25, 0.3) is 0 Å². The minimum absolute atomic E-state index is 0.197. The number of rotatable bonds is 4. The van der Waals surface area contributed by atoms with Gasteiger partial charge in [-0.1, -0.05) is 30.3 Å². The van der Waals surface area contributed by atoms with E-state index >= 15 is 0 Å². The van der Waals surface area contributed by atoms with Crippen molar-refractivity contribution in [3.63, 3.8) is 0 Å².